The summed E-state index contributed by atoms with van der Waals surface area (Å²) in [4.78, 5) is 6.76. The van der Waals surface area contributed by atoms with Crippen molar-refractivity contribution in [1.82, 2.24) is 4.90 Å². The summed E-state index contributed by atoms with van der Waals surface area (Å²) in [7, 11) is 0. The molecule has 1 aromatic heterocycles. The Balaban J connectivity index is 1.90. The molecular weight excluding hydrogens is 232 g/mol. The molecule has 4 rings (SSSR count). The highest BCUT2D eigenvalue weighted by Crippen LogP contribution is 2.37. The van der Waals surface area contributed by atoms with E-state index in [1.807, 2.05) is 18.2 Å². The van der Waals surface area contributed by atoms with E-state index in [9.17, 15) is 0 Å². The highest BCUT2D eigenvalue weighted by Gasteiger charge is 2.27. The smallest absolute Gasteiger partial charge is 0.168 e. The topological polar surface area (TPSA) is 28.7 Å². The summed E-state index contributed by atoms with van der Waals surface area (Å²) in [5, 5.41) is 4.48. The van der Waals surface area contributed by atoms with Gasteiger partial charge in [0.05, 0.1) is 18.5 Å². The van der Waals surface area contributed by atoms with E-state index < -0.39 is 0 Å². The Kier molecular flexibility index (Phi) is 1.87. The second-order valence-corrected chi connectivity index (χ2v) is 4.91. The molecule has 0 bridgehead atoms. The second kappa shape index (κ2) is 3.40. The number of rotatable bonds is 1. The normalized spacial score (nSPS) is 18.5. The number of nitrogens with zero attached hydrogens (tertiary/aromatic N) is 2. The van der Waals surface area contributed by atoms with Crippen LogP contribution in [0.2, 0.25) is 0 Å². The number of hydrogen-bond donors (Lipinski definition) is 0. The van der Waals surface area contributed by atoms with Gasteiger partial charge in [-0.3, -0.25) is 4.99 Å². The predicted octanol–water partition coefficient (Wildman–Crippen LogP) is 3.15. The average Bonchev–Trinajstić information content (AvgIpc) is 3.04. The monoisotopic (exact) mass is 242 g/mol. The molecule has 17 heavy (non-hydrogen) atoms. The molecule has 0 radical (unpaired) electrons. The van der Waals surface area contributed by atoms with E-state index in [1.165, 1.54) is 16.6 Å². The van der Waals surface area contributed by atoms with E-state index in [4.69, 9.17) is 4.42 Å². The van der Waals surface area contributed by atoms with Crippen molar-refractivity contribution in [2.45, 2.75) is 0 Å². The van der Waals surface area contributed by atoms with Crippen molar-refractivity contribution in [1.29, 1.82) is 0 Å². The van der Waals surface area contributed by atoms with Crippen LogP contribution in [0.3, 0.4) is 0 Å². The molecule has 0 unspecified atom stereocenters. The Morgan fingerprint density at radius 2 is 2.29 bits per heavy atom. The van der Waals surface area contributed by atoms with Crippen molar-refractivity contribution in [3.05, 3.63) is 41.5 Å². The molecule has 84 valence electrons. The Bertz CT molecular complexity index is 656. The molecule has 0 atom stereocenters. The standard InChI is InChI=1S/C13H10N2OS/c1-2-9(10-4-7-16-12(10)3-1)11-8-17-13-14-5-6-15(11)13/h1-4,7-8H,5-6H2. The highest BCUT2D eigenvalue weighted by molar-refractivity contribution is 8.16. The fourth-order valence-electron chi connectivity index (χ4n) is 2.35. The molecule has 0 N–H and O–H groups in total. The number of amidine groups is 1. The molecule has 0 spiro atoms. The number of furan rings is 1. The molecule has 0 saturated carbocycles. The van der Waals surface area contributed by atoms with Crippen LogP contribution in [-0.4, -0.2) is 23.2 Å². The van der Waals surface area contributed by atoms with E-state index in [0.717, 1.165) is 23.8 Å². The molecular formula is C13H10N2OS. The Morgan fingerprint density at radius 1 is 1.29 bits per heavy atom. The van der Waals surface area contributed by atoms with Gasteiger partial charge in [0, 0.05) is 22.9 Å². The summed E-state index contributed by atoms with van der Waals surface area (Å²) in [6.07, 6.45) is 1.75. The minimum atomic E-state index is 0.904. The molecule has 1 aromatic carbocycles. The van der Waals surface area contributed by atoms with Crippen LogP contribution >= 0.6 is 11.8 Å². The zero-order chi connectivity index (χ0) is 11.2. The summed E-state index contributed by atoms with van der Waals surface area (Å²) in [6.45, 7) is 1.89. The summed E-state index contributed by atoms with van der Waals surface area (Å²) < 4.78 is 5.45. The van der Waals surface area contributed by atoms with Crippen LogP contribution in [0, 0.1) is 0 Å². The first kappa shape index (κ1) is 9.36. The van der Waals surface area contributed by atoms with Crippen LogP contribution < -0.4 is 0 Å². The molecule has 2 aliphatic heterocycles. The lowest BCUT2D eigenvalue weighted by molar-refractivity contribution is 0.615. The van der Waals surface area contributed by atoms with E-state index in [2.05, 4.69) is 21.4 Å². The average molecular weight is 242 g/mol. The molecule has 0 amide bonds. The van der Waals surface area contributed by atoms with Gasteiger partial charge in [0.2, 0.25) is 0 Å². The number of hydrogen-bond acceptors (Lipinski definition) is 4. The third kappa shape index (κ3) is 1.27. The van der Waals surface area contributed by atoms with Crippen molar-refractivity contribution < 1.29 is 4.42 Å². The lowest BCUT2D eigenvalue weighted by Crippen LogP contribution is -2.19. The van der Waals surface area contributed by atoms with Gasteiger partial charge in [-0.25, -0.2) is 0 Å². The number of aliphatic imine (C=N–C) groups is 1. The van der Waals surface area contributed by atoms with Crippen LogP contribution in [-0.2, 0) is 0 Å². The van der Waals surface area contributed by atoms with Gasteiger partial charge < -0.3 is 9.32 Å². The van der Waals surface area contributed by atoms with Gasteiger partial charge in [-0.1, -0.05) is 23.9 Å². The van der Waals surface area contributed by atoms with Gasteiger partial charge in [-0.05, 0) is 12.1 Å². The summed E-state index contributed by atoms with van der Waals surface area (Å²) >= 11 is 1.71. The molecule has 2 aromatic rings. The third-order valence-corrected chi connectivity index (χ3v) is 4.04. The van der Waals surface area contributed by atoms with E-state index >= 15 is 0 Å². The van der Waals surface area contributed by atoms with Gasteiger partial charge >= 0.3 is 0 Å². The van der Waals surface area contributed by atoms with Crippen molar-refractivity contribution in [3.8, 4) is 0 Å². The summed E-state index contributed by atoms with van der Waals surface area (Å²) in [6, 6.07) is 8.21. The summed E-state index contributed by atoms with van der Waals surface area (Å²) in [5.41, 5.74) is 3.42. The van der Waals surface area contributed by atoms with E-state index in [0.29, 0.717) is 0 Å². The fraction of sp³-hybridized carbons (Fsp3) is 0.154. The van der Waals surface area contributed by atoms with Crippen LogP contribution in [0.15, 0.2) is 45.3 Å². The third-order valence-electron chi connectivity index (χ3n) is 3.14. The number of thioether (sulfide) groups is 1. The maximum absolute atomic E-state index is 5.45. The number of fused-ring (bicyclic) bond motifs is 2. The Hall–Kier alpha value is -1.68. The first-order valence-electron chi connectivity index (χ1n) is 5.59. The SMILES string of the molecule is C1=C(c2cccc3occc23)N2CCN=C2S1. The van der Waals surface area contributed by atoms with Gasteiger partial charge in [-0.2, -0.15) is 0 Å². The zero-order valence-electron chi connectivity index (χ0n) is 9.09. The zero-order valence-corrected chi connectivity index (χ0v) is 9.91. The number of benzene rings is 1. The van der Waals surface area contributed by atoms with Gasteiger partial charge in [0.25, 0.3) is 0 Å². The molecule has 0 aliphatic carbocycles. The highest BCUT2D eigenvalue weighted by atomic mass is 32.2. The minimum Gasteiger partial charge on any atom is -0.464 e. The van der Waals surface area contributed by atoms with Crippen molar-refractivity contribution in [2.75, 3.05) is 13.1 Å². The fourth-order valence-corrected chi connectivity index (χ4v) is 3.30. The molecule has 0 fully saturated rings. The van der Waals surface area contributed by atoms with Gasteiger partial charge in [-0.15, -0.1) is 0 Å². The minimum absolute atomic E-state index is 0.904. The summed E-state index contributed by atoms with van der Waals surface area (Å²) in [5.74, 6) is 0. The molecule has 4 heteroatoms. The quantitative estimate of drug-likeness (QED) is 0.769. The predicted molar refractivity (Wildman–Crippen MR) is 70.8 cm³/mol. The molecule has 3 heterocycles. The van der Waals surface area contributed by atoms with Crippen molar-refractivity contribution in [3.63, 3.8) is 0 Å². The molecule has 0 saturated heterocycles. The maximum Gasteiger partial charge on any atom is 0.168 e. The van der Waals surface area contributed by atoms with E-state index in [-0.39, 0.29) is 0 Å². The van der Waals surface area contributed by atoms with Crippen LogP contribution in [0.25, 0.3) is 16.7 Å². The molecule has 2 aliphatic rings. The largest absolute Gasteiger partial charge is 0.464 e. The van der Waals surface area contributed by atoms with Crippen molar-refractivity contribution in [2.24, 2.45) is 4.99 Å². The maximum atomic E-state index is 5.45. The van der Waals surface area contributed by atoms with Crippen molar-refractivity contribution >= 4 is 33.6 Å². The van der Waals surface area contributed by atoms with E-state index in [1.54, 1.807) is 18.0 Å². The van der Waals surface area contributed by atoms with Crippen LogP contribution in [0.1, 0.15) is 5.56 Å². The Labute approximate surface area is 103 Å². The second-order valence-electron chi connectivity index (χ2n) is 4.07. The lowest BCUT2D eigenvalue weighted by Gasteiger charge is -2.16. The van der Waals surface area contributed by atoms with Crippen LogP contribution in [0.4, 0.5) is 0 Å². The van der Waals surface area contributed by atoms with Crippen LogP contribution in [0.5, 0.6) is 0 Å². The molecule has 3 nitrogen and oxygen atoms in total. The first-order valence-corrected chi connectivity index (χ1v) is 6.47. The Morgan fingerprint density at radius 3 is 3.29 bits per heavy atom. The lowest BCUT2D eigenvalue weighted by atomic mass is 10.1. The first-order chi connectivity index (χ1) is 8.43. The van der Waals surface area contributed by atoms with Gasteiger partial charge in [0.15, 0.2) is 5.17 Å². The van der Waals surface area contributed by atoms with Gasteiger partial charge in [0.1, 0.15) is 5.58 Å².